The summed E-state index contributed by atoms with van der Waals surface area (Å²) in [5.74, 6) is 0.295. The molecule has 3 heteroatoms. The minimum Gasteiger partial charge on any atom is -0.381 e. The number of hydrogen-bond acceptors (Lipinski definition) is 2. The number of fused-ring (bicyclic) bond motifs is 1. The standard InChI is InChI=1S/C17H19NO2/c1-18(17(19)14-8-10-20-11-9-14)16-7-6-13-4-2-3-5-15(13)12-16/h2-7,12,14H,8-11H2,1H3. The van der Waals surface area contributed by atoms with Crippen molar-refractivity contribution in [1.82, 2.24) is 0 Å². The van der Waals surface area contributed by atoms with Crippen molar-refractivity contribution in [3.63, 3.8) is 0 Å². The second kappa shape index (κ2) is 5.63. The number of ether oxygens (including phenoxy) is 1. The predicted octanol–water partition coefficient (Wildman–Crippen LogP) is 3.23. The molecule has 0 bridgehead atoms. The molecule has 1 amide bonds. The molecule has 1 saturated heterocycles. The van der Waals surface area contributed by atoms with Crippen LogP contribution in [0.2, 0.25) is 0 Å². The normalized spacial score (nSPS) is 16.2. The van der Waals surface area contributed by atoms with E-state index in [0.29, 0.717) is 13.2 Å². The van der Waals surface area contributed by atoms with Crippen LogP contribution >= 0.6 is 0 Å². The van der Waals surface area contributed by atoms with Crippen LogP contribution in [0.25, 0.3) is 10.8 Å². The lowest BCUT2D eigenvalue weighted by atomic mass is 9.98. The Kier molecular flexibility index (Phi) is 3.70. The number of benzene rings is 2. The molecule has 1 fully saturated rings. The zero-order valence-electron chi connectivity index (χ0n) is 11.7. The van der Waals surface area contributed by atoms with Crippen LogP contribution in [0, 0.1) is 5.92 Å². The molecule has 3 rings (SSSR count). The van der Waals surface area contributed by atoms with Gasteiger partial charge in [0.25, 0.3) is 0 Å². The second-order valence-electron chi connectivity index (χ2n) is 5.32. The highest BCUT2D eigenvalue weighted by Gasteiger charge is 2.25. The van der Waals surface area contributed by atoms with Gasteiger partial charge < -0.3 is 9.64 Å². The van der Waals surface area contributed by atoms with Gasteiger partial charge in [0.1, 0.15) is 0 Å². The van der Waals surface area contributed by atoms with E-state index < -0.39 is 0 Å². The molecule has 20 heavy (non-hydrogen) atoms. The highest BCUT2D eigenvalue weighted by molar-refractivity contribution is 5.97. The second-order valence-corrected chi connectivity index (χ2v) is 5.32. The number of carbonyl (C=O) groups is 1. The predicted molar refractivity (Wildman–Crippen MR) is 80.9 cm³/mol. The van der Waals surface area contributed by atoms with Crippen molar-refractivity contribution >= 4 is 22.4 Å². The largest absolute Gasteiger partial charge is 0.381 e. The number of nitrogens with zero attached hydrogens (tertiary/aromatic N) is 1. The molecule has 0 aliphatic carbocycles. The molecule has 1 heterocycles. The summed E-state index contributed by atoms with van der Waals surface area (Å²) in [5, 5.41) is 2.36. The number of hydrogen-bond donors (Lipinski definition) is 0. The van der Waals surface area contributed by atoms with Gasteiger partial charge in [-0.3, -0.25) is 4.79 Å². The maximum atomic E-state index is 12.5. The zero-order chi connectivity index (χ0) is 13.9. The summed E-state index contributed by atoms with van der Waals surface area (Å²) in [6.07, 6.45) is 1.66. The lowest BCUT2D eigenvalue weighted by Gasteiger charge is -2.26. The number of anilines is 1. The monoisotopic (exact) mass is 269 g/mol. The van der Waals surface area contributed by atoms with Gasteiger partial charge in [0, 0.05) is 31.9 Å². The van der Waals surface area contributed by atoms with Gasteiger partial charge in [-0.25, -0.2) is 0 Å². The summed E-state index contributed by atoms with van der Waals surface area (Å²) < 4.78 is 5.32. The topological polar surface area (TPSA) is 29.5 Å². The lowest BCUT2D eigenvalue weighted by Crippen LogP contribution is -2.35. The minimum absolute atomic E-state index is 0.0974. The molecule has 0 saturated carbocycles. The molecule has 2 aromatic carbocycles. The zero-order valence-corrected chi connectivity index (χ0v) is 11.7. The van der Waals surface area contributed by atoms with E-state index in [9.17, 15) is 4.79 Å². The number of carbonyl (C=O) groups excluding carboxylic acids is 1. The third-order valence-corrected chi connectivity index (χ3v) is 4.02. The Bertz CT molecular complexity index is 617. The lowest BCUT2D eigenvalue weighted by molar-refractivity contribution is -0.124. The molecule has 0 radical (unpaired) electrons. The smallest absolute Gasteiger partial charge is 0.230 e. The van der Waals surface area contributed by atoms with Crippen LogP contribution in [-0.4, -0.2) is 26.2 Å². The highest BCUT2D eigenvalue weighted by Crippen LogP contribution is 2.24. The average molecular weight is 269 g/mol. The van der Waals surface area contributed by atoms with E-state index in [1.807, 2.05) is 25.2 Å². The van der Waals surface area contributed by atoms with Gasteiger partial charge in [-0.1, -0.05) is 30.3 Å². The Morgan fingerprint density at radius 1 is 1.10 bits per heavy atom. The molecule has 0 aromatic heterocycles. The average Bonchev–Trinajstić information content (AvgIpc) is 2.54. The van der Waals surface area contributed by atoms with Gasteiger partial charge in [-0.2, -0.15) is 0 Å². The van der Waals surface area contributed by atoms with E-state index in [1.165, 1.54) is 5.39 Å². The van der Waals surface area contributed by atoms with Gasteiger partial charge in [0.15, 0.2) is 0 Å². The van der Waals surface area contributed by atoms with Crippen molar-refractivity contribution < 1.29 is 9.53 Å². The SMILES string of the molecule is CN(C(=O)C1CCOCC1)c1ccc2ccccc2c1. The van der Waals surface area contributed by atoms with E-state index in [4.69, 9.17) is 4.74 Å². The third kappa shape index (κ3) is 2.54. The van der Waals surface area contributed by atoms with Crippen LogP contribution in [-0.2, 0) is 9.53 Å². The van der Waals surface area contributed by atoms with Crippen molar-refractivity contribution in [2.75, 3.05) is 25.2 Å². The summed E-state index contributed by atoms with van der Waals surface area (Å²) >= 11 is 0. The van der Waals surface area contributed by atoms with Crippen LogP contribution in [0.3, 0.4) is 0 Å². The fourth-order valence-corrected chi connectivity index (χ4v) is 2.73. The van der Waals surface area contributed by atoms with E-state index in [-0.39, 0.29) is 11.8 Å². The molecule has 0 N–H and O–H groups in total. The molecule has 104 valence electrons. The molecular formula is C17H19NO2. The van der Waals surface area contributed by atoms with Gasteiger partial charge >= 0.3 is 0 Å². The van der Waals surface area contributed by atoms with Crippen LogP contribution in [0.4, 0.5) is 5.69 Å². The van der Waals surface area contributed by atoms with Gasteiger partial charge in [-0.05, 0) is 35.7 Å². The first kappa shape index (κ1) is 13.1. The quantitative estimate of drug-likeness (QED) is 0.837. The Hall–Kier alpha value is -1.87. The first-order valence-electron chi connectivity index (χ1n) is 7.10. The molecule has 1 aliphatic heterocycles. The Balaban J connectivity index is 1.83. The van der Waals surface area contributed by atoms with E-state index in [0.717, 1.165) is 23.9 Å². The van der Waals surface area contributed by atoms with Crippen molar-refractivity contribution in [1.29, 1.82) is 0 Å². The van der Waals surface area contributed by atoms with E-state index in [1.54, 1.807) is 4.90 Å². The van der Waals surface area contributed by atoms with Gasteiger partial charge in [-0.15, -0.1) is 0 Å². The maximum absolute atomic E-state index is 12.5. The fourth-order valence-electron chi connectivity index (χ4n) is 2.73. The molecule has 0 unspecified atom stereocenters. The summed E-state index contributed by atoms with van der Waals surface area (Å²) in [6, 6.07) is 14.4. The minimum atomic E-state index is 0.0974. The molecule has 1 aliphatic rings. The summed E-state index contributed by atoms with van der Waals surface area (Å²) in [7, 11) is 1.86. The first-order valence-corrected chi connectivity index (χ1v) is 7.10. The number of rotatable bonds is 2. The van der Waals surface area contributed by atoms with Crippen LogP contribution in [0.15, 0.2) is 42.5 Å². The van der Waals surface area contributed by atoms with Crippen LogP contribution < -0.4 is 4.90 Å². The Labute approximate surface area is 119 Å². The summed E-state index contributed by atoms with van der Waals surface area (Å²) in [6.45, 7) is 1.39. The third-order valence-electron chi connectivity index (χ3n) is 4.02. The van der Waals surface area contributed by atoms with E-state index >= 15 is 0 Å². The van der Waals surface area contributed by atoms with Crippen LogP contribution in [0.1, 0.15) is 12.8 Å². The summed E-state index contributed by atoms with van der Waals surface area (Å²) in [5.41, 5.74) is 0.959. The highest BCUT2D eigenvalue weighted by atomic mass is 16.5. The maximum Gasteiger partial charge on any atom is 0.230 e. The van der Waals surface area contributed by atoms with Gasteiger partial charge in [0.2, 0.25) is 5.91 Å². The van der Waals surface area contributed by atoms with E-state index in [2.05, 4.69) is 24.3 Å². The van der Waals surface area contributed by atoms with Crippen molar-refractivity contribution in [3.8, 4) is 0 Å². The molecule has 2 aromatic rings. The summed E-state index contributed by atoms with van der Waals surface area (Å²) in [4.78, 5) is 14.3. The molecule has 0 spiro atoms. The van der Waals surface area contributed by atoms with Crippen LogP contribution in [0.5, 0.6) is 0 Å². The number of amides is 1. The molecule has 3 nitrogen and oxygen atoms in total. The van der Waals surface area contributed by atoms with Crippen molar-refractivity contribution in [3.05, 3.63) is 42.5 Å². The first-order chi connectivity index (χ1) is 9.75. The molecular weight excluding hydrogens is 250 g/mol. The van der Waals surface area contributed by atoms with Crippen molar-refractivity contribution in [2.24, 2.45) is 5.92 Å². The molecule has 0 atom stereocenters. The van der Waals surface area contributed by atoms with Gasteiger partial charge in [0.05, 0.1) is 0 Å². The Morgan fingerprint density at radius 3 is 2.55 bits per heavy atom. The Morgan fingerprint density at radius 2 is 1.80 bits per heavy atom. The fraction of sp³-hybridized carbons (Fsp3) is 0.353. The van der Waals surface area contributed by atoms with Crippen molar-refractivity contribution in [2.45, 2.75) is 12.8 Å².